The van der Waals surface area contributed by atoms with Crippen molar-refractivity contribution in [3.8, 4) is 11.5 Å². The van der Waals surface area contributed by atoms with E-state index < -0.39 is 0 Å². The molecule has 0 saturated heterocycles. The smallest absolute Gasteiger partial charge is 0.119 e. The van der Waals surface area contributed by atoms with Gasteiger partial charge < -0.3 is 20.5 Å². The third-order valence-electron chi connectivity index (χ3n) is 2.79. The van der Waals surface area contributed by atoms with Crippen LogP contribution in [-0.4, -0.2) is 26.7 Å². The van der Waals surface area contributed by atoms with E-state index >= 15 is 0 Å². The number of phenols is 2. The van der Waals surface area contributed by atoms with Crippen LogP contribution in [0.3, 0.4) is 0 Å². The van der Waals surface area contributed by atoms with Crippen molar-refractivity contribution < 1.29 is 10.2 Å². The van der Waals surface area contributed by atoms with Crippen molar-refractivity contribution in [1.29, 1.82) is 0 Å². The van der Waals surface area contributed by atoms with Crippen LogP contribution in [0.4, 0.5) is 0 Å². The summed E-state index contributed by atoms with van der Waals surface area (Å²) >= 11 is 0. The van der Waals surface area contributed by atoms with E-state index in [2.05, 4.69) is 15.3 Å². The van der Waals surface area contributed by atoms with Gasteiger partial charge in [-0.2, -0.15) is 0 Å². The number of nitrogens with zero attached hydrogens (tertiary/aromatic N) is 1. The predicted molar refractivity (Wildman–Crippen MR) is 68.5 cm³/mol. The Morgan fingerprint density at radius 1 is 1.28 bits per heavy atom. The lowest BCUT2D eigenvalue weighted by molar-refractivity contribution is 0.446. The lowest BCUT2D eigenvalue weighted by Crippen LogP contribution is -2.21. The topological polar surface area (TPSA) is 81.2 Å². The van der Waals surface area contributed by atoms with Gasteiger partial charge in [0.25, 0.3) is 0 Å². The number of hydrogen-bond donors (Lipinski definition) is 4. The molecule has 0 spiro atoms. The Bertz CT molecular complexity index is 477. The molecule has 4 N–H and O–H groups in total. The quantitative estimate of drug-likeness (QED) is 0.648. The van der Waals surface area contributed by atoms with E-state index in [9.17, 15) is 10.2 Å². The number of phenolic OH excluding ortho intramolecular Hbond substituents is 2. The van der Waals surface area contributed by atoms with Gasteiger partial charge in [0, 0.05) is 37.5 Å². The van der Waals surface area contributed by atoms with E-state index in [1.54, 1.807) is 24.5 Å². The van der Waals surface area contributed by atoms with Gasteiger partial charge in [-0.05, 0) is 24.6 Å². The summed E-state index contributed by atoms with van der Waals surface area (Å²) in [5, 5.41) is 22.1. The molecule has 1 aromatic carbocycles. The minimum absolute atomic E-state index is 0.0537. The summed E-state index contributed by atoms with van der Waals surface area (Å²) < 4.78 is 0. The fourth-order valence-corrected chi connectivity index (χ4v) is 1.83. The molecule has 0 amide bonds. The minimum Gasteiger partial charge on any atom is -0.508 e. The van der Waals surface area contributed by atoms with Gasteiger partial charge in [0.15, 0.2) is 0 Å². The van der Waals surface area contributed by atoms with E-state index in [0.717, 1.165) is 24.4 Å². The Morgan fingerprint density at radius 2 is 2.00 bits per heavy atom. The molecule has 0 saturated carbocycles. The lowest BCUT2D eigenvalue weighted by Gasteiger charge is -2.14. The molecule has 1 atom stereocenters. The van der Waals surface area contributed by atoms with Crippen LogP contribution in [0.25, 0.3) is 0 Å². The van der Waals surface area contributed by atoms with E-state index in [4.69, 9.17) is 0 Å². The van der Waals surface area contributed by atoms with Gasteiger partial charge in [-0.15, -0.1) is 0 Å². The maximum Gasteiger partial charge on any atom is 0.119 e. The number of nitrogens with one attached hydrogen (secondary N) is 2. The lowest BCUT2D eigenvalue weighted by atomic mass is 10.1. The Labute approximate surface area is 106 Å². The zero-order valence-electron chi connectivity index (χ0n) is 10.2. The van der Waals surface area contributed by atoms with Crippen LogP contribution in [-0.2, 0) is 6.42 Å². The molecule has 0 bridgehead atoms. The monoisotopic (exact) mass is 247 g/mol. The predicted octanol–water partition coefficient (Wildman–Crippen LogP) is 1.71. The number of aromatic nitrogens is 2. The normalized spacial score (nSPS) is 12.5. The van der Waals surface area contributed by atoms with Crippen molar-refractivity contribution in [2.24, 2.45) is 0 Å². The molecule has 0 radical (unpaired) electrons. The highest BCUT2D eigenvalue weighted by atomic mass is 16.3. The molecule has 2 aromatic rings. The van der Waals surface area contributed by atoms with Crippen LogP contribution in [0.5, 0.6) is 11.5 Å². The van der Waals surface area contributed by atoms with Gasteiger partial charge in [-0.3, -0.25) is 0 Å². The number of H-pyrrole nitrogens is 1. The van der Waals surface area contributed by atoms with E-state index in [1.807, 2.05) is 6.92 Å². The van der Waals surface area contributed by atoms with Crippen LogP contribution in [0.1, 0.15) is 24.4 Å². The number of imidazole rings is 1. The Balaban J connectivity index is 1.89. The standard InChI is InChI=1S/C13H17N3O2/c1-9(10-6-11(17)8-12(18)7-10)14-3-2-13-15-4-5-16-13/h4-9,14,17-18H,2-3H2,1H3,(H,15,16). The maximum atomic E-state index is 9.42. The first kappa shape index (κ1) is 12.4. The fraction of sp³-hybridized carbons (Fsp3) is 0.308. The first-order valence-corrected chi connectivity index (χ1v) is 5.89. The zero-order valence-corrected chi connectivity index (χ0v) is 10.2. The summed E-state index contributed by atoms with van der Waals surface area (Å²) in [5.41, 5.74) is 0.854. The first-order chi connectivity index (χ1) is 8.65. The number of rotatable bonds is 5. The molecule has 0 aliphatic heterocycles. The number of hydrogen-bond acceptors (Lipinski definition) is 4. The SMILES string of the molecule is CC(NCCc1ncc[nH]1)c1cc(O)cc(O)c1. The van der Waals surface area contributed by atoms with Gasteiger partial charge in [-0.25, -0.2) is 4.98 Å². The molecular weight excluding hydrogens is 230 g/mol. The molecule has 0 aliphatic carbocycles. The third-order valence-corrected chi connectivity index (χ3v) is 2.79. The van der Waals surface area contributed by atoms with Gasteiger partial charge in [-0.1, -0.05) is 0 Å². The average molecular weight is 247 g/mol. The van der Waals surface area contributed by atoms with Crippen molar-refractivity contribution in [2.75, 3.05) is 6.54 Å². The fourth-order valence-electron chi connectivity index (χ4n) is 1.83. The number of aromatic amines is 1. The Morgan fingerprint density at radius 3 is 2.61 bits per heavy atom. The molecule has 5 heteroatoms. The van der Waals surface area contributed by atoms with Crippen LogP contribution < -0.4 is 5.32 Å². The van der Waals surface area contributed by atoms with Gasteiger partial charge in [0.05, 0.1) is 0 Å². The molecule has 1 unspecified atom stereocenters. The summed E-state index contributed by atoms with van der Waals surface area (Å²) in [5.74, 6) is 1.09. The first-order valence-electron chi connectivity index (χ1n) is 5.89. The van der Waals surface area contributed by atoms with E-state index in [0.29, 0.717) is 0 Å². The summed E-state index contributed by atoms with van der Waals surface area (Å²) in [4.78, 5) is 7.18. The number of aromatic hydroxyl groups is 2. The van der Waals surface area contributed by atoms with Crippen molar-refractivity contribution in [1.82, 2.24) is 15.3 Å². The zero-order chi connectivity index (χ0) is 13.0. The van der Waals surface area contributed by atoms with E-state index in [1.165, 1.54) is 6.07 Å². The summed E-state index contributed by atoms with van der Waals surface area (Å²) in [6.07, 6.45) is 4.33. The molecular formula is C13H17N3O2. The van der Waals surface area contributed by atoms with Gasteiger partial charge in [0.2, 0.25) is 0 Å². The Kier molecular flexibility index (Phi) is 3.84. The second-order valence-electron chi connectivity index (χ2n) is 4.24. The highest BCUT2D eigenvalue weighted by Crippen LogP contribution is 2.24. The number of benzene rings is 1. The summed E-state index contributed by atoms with van der Waals surface area (Å²) in [6, 6.07) is 4.66. The highest BCUT2D eigenvalue weighted by Gasteiger charge is 2.07. The maximum absolute atomic E-state index is 9.42. The third kappa shape index (κ3) is 3.24. The summed E-state index contributed by atoms with van der Waals surface area (Å²) in [7, 11) is 0. The average Bonchev–Trinajstić information content (AvgIpc) is 2.80. The molecule has 2 rings (SSSR count). The molecule has 18 heavy (non-hydrogen) atoms. The van der Waals surface area contributed by atoms with Crippen LogP contribution in [0, 0.1) is 0 Å². The molecule has 96 valence electrons. The minimum atomic E-state index is 0.0537. The van der Waals surface area contributed by atoms with Gasteiger partial charge in [0.1, 0.15) is 17.3 Å². The van der Waals surface area contributed by atoms with Crippen LogP contribution >= 0.6 is 0 Å². The van der Waals surface area contributed by atoms with Crippen LogP contribution in [0.15, 0.2) is 30.6 Å². The molecule has 0 aliphatic rings. The molecule has 0 fully saturated rings. The van der Waals surface area contributed by atoms with E-state index in [-0.39, 0.29) is 17.5 Å². The molecule has 5 nitrogen and oxygen atoms in total. The van der Waals surface area contributed by atoms with Crippen molar-refractivity contribution >= 4 is 0 Å². The summed E-state index contributed by atoms with van der Waals surface area (Å²) in [6.45, 7) is 2.75. The highest BCUT2D eigenvalue weighted by molar-refractivity contribution is 5.37. The second kappa shape index (κ2) is 5.55. The second-order valence-corrected chi connectivity index (χ2v) is 4.24. The van der Waals surface area contributed by atoms with Crippen molar-refractivity contribution in [3.05, 3.63) is 42.0 Å². The van der Waals surface area contributed by atoms with Crippen molar-refractivity contribution in [2.45, 2.75) is 19.4 Å². The van der Waals surface area contributed by atoms with Crippen LogP contribution in [0.2, 0.25) is 0 Å². The molecule has 1 heterocycles. The Hall–Kier alpha value is -2.01. The van der Waals surface area contributed by atoms with Gasteiger partial charge >= 0.3 is 0 Å². The molecule has 1 aromatic heterocycles. The largest absolute Gasteiger partial charge is 0.508 e. The van der Waals surface area contributed by atoms with Crippen molar-refractivity contribution in [3.63, 3.8) is 0 Å².